The van der Waals surface area contributed by atoms with E-state index < -0.39 is 0 Å². The van der Waals surface area contributed by atoms with Crippen LogP contribution in [0.1, 0.15) is 18.9 Å². The SMILES string of the molecule is COC(=O)C[C@H](C)C(=O)N(C)Cc1ccc(Br)cc1. The summed E-state index contributed by atoms with van der Waals surface area (Å²) in [5.74, 6) is -0.792. The molecule has 1 amide bonds. The van der Waals surface area contributed by atoms with E-state index in [1.54, 1.807) is 18.9 Å². The summed E-state index contributed by atoms with van der Waals surface area (Å²) in [6.45, 7) is 2.26. The van der Waals surface area contributed by atoms with E-state index in [-0.39, 0.29) is 24.2 Å². The van der Waals surface area contributed by atoms with Crippen LogP contribution in [0.3, 0.4) is 0 Å². The van der Waals surface area contributed by atoms with Gasteiger partial charge in [0.25, 0.3) is 0 Å². The summed E-state index contributed by atoms with van der Waals surface area (Å²) in [7, 11) is 3.06. The largest absolute Gasteiger partial charge is 0.469 e. The number of amides is 1. The van der Waals surface area contributed by atoms with Crippen molar-refractivity contribution in [3.8, 4) is 0 Å². The highest BCUT2D eigenvalue weighted by Crippen LogP contribution is 2.14. The van der Waals surface area contributed by atoms with E-state index in [0.29, 0.717) is 6.54 Å². The van der Waals surface area contributed by atoms with Gasteiger partial charge in [-0.1, -0.05) is 35.0 Å². The van der Waals surface area contributed by atoms with Crippen LogP contribution in [0.5, 0.6) is 0 Å². The first kappa shape index (κ1) is 15.7. The number of rotatable bonds is 5. The van der Waals surface area contributed by atoms with Crippen molar-refractivity contribution in [1.82, 2.24) is 4.90 Å². The molecule has 0 unspecified atom stereocenters. The van der Waals surface area contributed by atoms with Crippen molar-refractivity contribution >= 4 is 27.8 Å². The number of carbonyl (C=O) groups is 2. The summed E-state index contributed by atoms with van der Waals surface area (Å²) in [4.78, 5) is 24.8. The molecule has 0 aromatic heterocycles. The summed E-state index contributed by atoms with van der Waals surface area (Å²) in [6.07, 6.45) is 0.111. The second-order valence-corrected chi connectivity index (χ2v) is 5.42. The minimum atomic E-state index is -0.368. The van der Waals surface area contributed by atoms with Crippen LogP contribution in [-0.4, -0.2) is 30.9 Å². The molecular weight excluding hydrogens is 310 g/mol. The smallest absolute Gasteiger partial charge is 0.306 e. The Morgan fingerprint density at radius 3 is 2.42 bits per heavy atom. The lowest BCUT2D eigenvalue weighted by molar-refractivity contribution is -0.146. The molecule has 0 radical (unpaired) electrons. The number of esters is 1. The summed E-state index contributed by atoms with van der Waals surface area (Å²) >= 11 is 3.37. The summed E-state index contributed by atoms with van der Waals surface area (Å²) in [5.41, 5.74) is 1.05. The van der Waals surface area contributed by atoms with Crippen LogP contribution in [0.2, 0.25) is 0 Å². The van der Waals surface area contributed by atoms with E-state index >= 15 is 0 Å². The summed E-state index contributed by atoms with van der Waals surface area (Å²) < 4.78 is 5.57. The molecule has 4 nitrogen and oxygen atoms in total. The van der Waals surface area contributed by atoms with Gasteiger partial charge in [0.1, 0.15) is 0 Å². The molecule has 19 heavy (non-hydrogen) atoms. The van der Waals surface area contributed by atoms with E-state index in [9.17, 15) is 9.59 Å². The van der Waals surface area contributed by atoms with Gasteiger partial charge in [-0.15, -0.1) is 0 Å². The fourth-order valence-electron chi connectivity index (χ4n) is 1.74. The maximum Gasteiger partial charge on any atom is 0.306 e. The van der Waals surface area contributed by atoms with Gasteiger partial charge in [-0.2, -0.15) is 0 Å². The van der Waals surface area contributed by atoms with Crippen molar-refractivity contribution in [2.24, 2.45) is 5.92 Å². The van der Waals surface area contributed by atoms with Gasteiger partial charge < -0.3 is 9.64 Å². The Bertz CT molecular complexity index is 445. The van der Waals surface area contributed by atoms with Gasteiger partial charge in [0.15, 0.2) is 0 Å². The molecule has 0 heterocycles. The standard InChI is InChI=1S/C14H18BrNO3/c1-10(8-13(17)19-3)14(18)16(2)9-11-4-6-12(15)7-5-11/h4-7,10H,8-9H2,1-3H3/t10-/m0/s1. The lowest BCUT2D eigenvalue weighted by atomic mass is 10.1. The van der Waals surface area contributed by atoms with Gasteiger partial charge in [0.05, 0.1) is 13.5 Å². The lowest BCUT2D eigenvalue weighted by Crippen LogP contribution is -2.32. The molecule has 0 bridgehead atoms. The highest BCUT2D eigenvalue weighted by molar-refractivity contribution is 9.10. The molecule has 0 N–H and O–H groups in total. The number of benzene rings is 1. The Balaban J connectivity index is 2.57. The molecule has 1 atom stereocenters. The molecule has 0 saturated carbocycles. The first-order valence-electron chi connectivity index (χ1n) is 6.00. The van der Waals surface area contributed by atoms with Gasteiger partial charge in [-0.3, -0.25) is 9.59 Å². The van der Waals surface area contributed by atoms with Gasteiger partial charge in [0.2, 0.25) is 5.91 Å². The third kappa shape index (κ3) is 5.03. The van der Waals surface area contributed by atoms with Crippen LogP contribution in [0, 0.1) is 5.92 Å². The number of methoxy groups -OCH3 is 1. The minimum absolute atomic E-state index is 0.0617. The normalized spacial score (nSPS) is 11.8. The Hall–Kier alpha value is -1.36. The minimum Gasteiger partial charge on any atom is -0.469 e. The molecule has 0 spiro atoms. The van der Waals surface area contributed by atoms with Gasteiger partial charge in [-0.05, 0) is 17.7 Å². The van der Waals surface area contributed by atoms with Crippen molar-refractivity contribution in [1.29, 1.82) is 0 Å². The first-order chi connectivity index (χ1) is 8.93. The molecule has 1 rings (SSSR count). The van der Waals surface area contributed by atoms with E-state index in [1.807, 2.05) is 24.3 Å². The number of halogens is 1. The number of hydrogen-bond acceptors (Lipinski definition) is 3. The zero-order chi connectivity index (χ0) is 14.4. The molecule has 0 aliphatic heterocycles. The predicted molar refractivity (Wildman–Crippen MR) is 76.4 cm³/mol. The Kier molecular flexibility index (Phi) is 6.02. The average Bonchev–Trinajstić information content (AvgIpc) is 2.40. The van der Waals surface area contributed by atoms with Crippen LogP contribution < -0.4 is 0 Å². The molecule has 0 saturated heterocycles. The third-order valence-electron chi connectivity index (χ3n) is 2.83. The lowest BCUT2D eigenvalue weighted by Gasteiger charge is -2.21. The van der Waals surface area contributed by atoms with Crippen molar-refractivity contribution in [2.45, 2.75) is 19.9 Å². The molecule has 0 aliphatic rings. The van der Waals surface area contributed by atoms with Crippen molar-refractivity contribution in [3.05, 3.63) is 34.3 Å². The van der Waals surface area contributed by atoms with Crippen LogP contribution in [0.4, 0.5) is 0 Å². The average molecular weight is 328 g/mol. The summed E-state index contributed by atoms with van der Waals surface area (Å²) in [5, 5.41) is 0. The third-order valence-corrected chi connectivity index (χ3v) is 3.36. The monoisotopic (exact) mass is 327 g/mol. The van der Waals surface area contributed by atoms with Gasteiger partial charge >= 0.3 is 5.97 Å². The maximum atomic E-state index is 12.1. The van der Waals surface area contributed by atoms with Crippen molar-refractivity contribution < 1.29 is 14.3 Å². The number of ether oxygens (including phenoxy) is 1. The fourth-order valence-corrected chi connectivity index (χ4v) is 2.00. The molecule has 0 fully saturated rings. The second kappa shape index (κ2) is 7.28. The number of carbonyl (C=O) groups excluding carboxylic acids is 2. The fraction of sp³-hybridized carbons (Fsp3) is 0.429. The summed E-state index contributed by atoms with van der Waals surface area (Å²) in [6, 6.07) is 7.79. The Morgan fingerprint density at radius 1 is 1.32 bits per heavy atom. The van der Waals surface area contributed by atoms with Crippen LogP contribution in [0.15, 0.2) is 28.7 Å². The van der Waals surface area contributed by atoms with E-state index in [0.717, 1.165) is 10.0 Å². The van der Waals surface area contributed by atoms with Crippen LogP contribution in [-0.2, 0) is 20.9 Å². The number of nitrogens with zero attached hydrogens (tertiary/aromatic N) is 1. The Labute approximate surface area is 121 Å². The highest BCUT2D eigenvalue weighted by Gasteiger charge is 2.20. The molecule has 0 aliphatic carbocycles. The molecule has 1 aromatic carbocycles. The second-order valence-electron chi connectivity index (χ2n) is 4.50. The zero-order valence-electron chi connectivity index (χ0n) is 11.4. The molecule has 5 heteroatoms. The highest BCUT2D eigenvalue weighted by atomic mass is 79.9. The van der Waals surface area contributed by atoms with Crippen LogP contribution in [0.25, 0.3) is 0 Å². The number of hydrogen-bond donors (Lipinski definition) is 0. The quantitative estimate of drug-likeness (QED) is 0.781. The van der Waals surface area contributed by atoms with Gasteiger partial charge in [0, 0.05) is 24.0 Å². The predicted octanol–water partition coefficient (Wildman–Crippen LogP) is 2.61. The maximum absolute atomic E-state index is 12.1. The van der Waals surface area contributed by atoms with E-state index in [4.69, 9.17) is 0 Å². The zero-order valence-corrected chi connectivity index (χ0v) is 12.9. The molecular formula is C14H18BrNO3. The molecule has 1 aromatic rings. The Morgan fingerprint density at radius 2 is 1.89 bits per heavy atom. The van der Waals surface area contributed by atoms with Crippen molar-refractivity contribution in [2.75, 3.05) is 14.2 Å². The van der Waals surface area contributed by atoms with E-state index in [2.05, 4.69) is 20.7 Å². The molecule has 104 valence electrons. The van der Waals surface area contributed by atoms with Crippen LogP contribution >= 0.6 is 15.9 Å². The topological polar surface area (TPSA) is 46.6 Å². The van der Waals surface area contributed by atoms with Gasteiger partial charge in [-0.25, -0.2) is 0 Å². The first-order valence-corrected chi connectivity index (χ1v) is 6.79. The van der Waals surface area contributed by atoms with Crippen molar-refractivity contribution in [3.63, 3.8) is 0 Å². The van der Waals surface area contributed by atoms with E-state index in [1.165, 1.54) is 7.11 Å².